The standard InChI is InChI=1S/C17H17F3N2O3/c1-2-9-21(11-17(18,19)20)16(25)13-5-3-12(4-6-13)10-22-14(23)7-8-15(22)24/h2-6H,1,7-11H2. The smallest absolute Gasteiger partial charge is 0.326 e. The molecular weight excluding hydrogens is 337 g/mol. The Morgan fingerprint density at radius 3 is 2.20 bits per heavy atom. The van der Waals surface area contributed by atoms with E-state index in [0.717, 1.165) is 4.90 Å². The molecule has 0 N–H and O–H groups in total. The van der Waals surface area contributed by atoms with Crippen molar-refractivity contribution in [1.29, 1.82) is 0 Å². The summed E-state index contributed by atoms with van der Waals surface area (Å²) in [6, 6.07) is 5.81. The molecule has 0 radical (unpaired) electrons. The molecule has 5 nitrogen and oxygen atoms in total. The summed E-state index contributed by atoms with van der Waals surface area (Å²) in [6.07, 6.45) is -2.91. The van der Waals surface area contributed by atoms with Gasteiger partial charge in [-0.2, -0.15) is 13.2 Å². The Morgan fingerprint density at radius 2 is 1.72 bits per heavy atom. The van der Waals surface area contributed by atoms with Crippen LogP contribution in [0.2, 0.25) is 0 Å². The van der Waals surface area contributed by atoms with Gasteiger partial charge in [0.1, 0.15) is 6.54 Å². The van der Waals surface area contributed by atoms with Crippen LogP contribution in [-0.2, 0) is 16.1 Å². The van der Waals surface area contributed by atoms with Gasteiger partial charge in [0.25, 0.3) is 5.91 Å². The number of carbonyl (C=O) groups excluding carboxylic acids is 3. The quantitative estimate of drug-likeness (QED) is 0.583. The van der Waals surface area contributed by atoms with E-state index in [1.54, 1.807) is 0 Å². The number of halogens is 3. The van der Waals surface area contributed by atoms with Gasteiger partial charge in [0.2, 0.25) is 11.8 Å². The molecule has 0 aromatic heterocycles. The Balaban J connectivity index is 2.09. The van der Waals surface area contributed by atoms with Crippen molar-refractivity contribution in [3.63, 3.8) is 0 Å². The molecule has 0 unspecified atom stereocenters. The molecule has 1 saturated heterocycles. The summed E-state index contributed by atoms with van der Waals surface area (Å²) < 4.78 is 37.7. The van der Waals surface area contributed by atoms with Crippen LogP contribution in [0.5, 0.6) is 0 Å². The van der Waals surface area contributed by atoms with Crippen LogP contribution in [-0.4, -0.2) is 46.8 Å². The summed E-state index contributed by atoms with van der Waals surface area (Å²) in [6.45, 7) is 1.86. The van der Waals surface area contributed by atoms with E-state index in [1.807, 2.05) is 0 Å². The van der Waals surface area contributed by atoms with Gasteiger partial charge in [-0.25, -0.2) is 0 Å². The number of rotatable bonds is 6. The van der Waals surface area contributed by atoms with Gasteiger partial charge in [0, 0.05) is 24.9 Å². The predicted octanol–water partition coefficient (Wildman–Crippen LogP) is 2.53. The Bertz CT molecular complexity index is 667. The molecule has 1 fully saturated rings. The van der Waals surface area contributed by atoms with Crippen LogP contribution in [0.1, 0.15) is 28.8 Å². The van der Waals surface area contributed by atoms with Crippen molar-refractivity contribution < 1.29 is 27.6 Å². The van der Waals surface area contributed by atoms with Gasteiger partial charge in [-0.1, -0.05) is 18.2 Å². The zero-order chi connectivity index (χ0) is 18.6. The number of carbonyl (C=O) groups is 3. The van der Waals surface area contributed by atoms with E-state index >= 15 is 0 Å². The molecule has 0 spiro atoms. The molecule has 25 heavy (non-hydrogen) atoms. The lowest BCUT2D eigenvalue weighted by atomic mass is 10.1. The van der Waals surface area contributed by atoms with Crippen molar-refractivity contribution in [2.75, 3.05) is 13.1 Å². The second-order valence-electron chi connectivity index (χ2n) is 5.66. The molecule has 2 rings (SSSR count). The van der Waals surface area contributed by atoms with Gasteiger partial charge in [-0.05, 0) is 17.7 Å². The average Bonchev–Trinajstić information content (AvgIpc) is 2.85. The largest absolute Gasteiger partial charge is 0.406 e. The molecule has 0 atom stereocenters. The first-order valence-electron chi connectivity index (χ1n) is 7.60. The lowest BCUT2D eigenvalue weighted by Gasteiger charge is -2.22. The van der Waals surface area contributed by atoms with Crippen molar-refractivity contribution >= 4 is 17.7 Å². The lowest BCUT2D eigenvalue weighted by Crippen LogP contribution is -2.39. The monoisotopic (exact) mass is 354 g/mol. The summed E-state index contributed by atoms with van der Waals surface area (Å²) >= 11 is 0. The number of imide groups is 1. The molecule has 1 aromatic carbocycles. The highest BCUT2D eigenvalue weighted by Crippen LogP contribution is 2.19. The highest BCUT2D eigenvalue weighted by Gasteiger charge is 2.33. The van der Waals surface area contributed by atoms with E-state index < -0.39 is 18.6 Å². The maximum absolute atomic E-state index is 12.6. The van der Waals surface area contributed by atoms with E-state index in [9.17, 15) is 27.6 Å². The fraction of sp³-hybridized carbons (Fsp3) is 0.353. The molecule has 134 valence electrons. The number of nitrogens with zero attached hydrogens (tertiary/aromatic N) is 2. The van der Waals surface area contributed by atoms with Gasteiger partial charge in [0.05, 0.1) is 6.54 Å². The summed E-state index contributed by atoms with van der Waals surface area (Å²) in [5, 5.41) is 0. The van der Waals surface area contributed by atoms with Crippen molar-refractivity contribution in [3.05, 3.63) is 48.0 Å². The van der Waals surface area contributed by atoms with E-state index in [2.05, 4.69) is 6.58 Å². The molecular formula is C17H17F3N2O3. The van der Waals surface area contributed by atoms with Crippen LogP contribution in [0, 0.1) is 0 Å². The van der Waals surface area contributed by atoms with E-state index in [4.69, 9.17) is 0 Å². The maximum atomic E-state index is 12.6. The Kier molecular flexibility index (Phi) is 5.61. The molecule has 8 heteroatoms. The minimum atomic E-state index is -4.50. The molecule has 1 aromatic rings. The molecule has 0 bridgehead atoms. The predicted molar refractivity (Wildman–Crippen MR) is 83.4 cm³/mol. The zero-order valence-electron chi connectivity index (χ0n) is 13.4. The summed E-state index contributed by atoms with van der Waals surface area (Å²) in [7, 11) is 0. The van der Waals surface area contributed by atoms with E-state index in [-0.39, 0.29) is 43.3 Å². The van der Waals surface area contributed by atoms with Crippen molar-refractivity contribution in [2.45, 2.75) is 25.6 Å². The Morgan fingerprint density at radius 1 is 1.16 bits per heavy atom. The fourth-order valence-electron chi connectivity index (χ4n) is 2.51. The van der Waals surface area contributed by atoms with Crippen LogP contribution >= 0.6 is 0 Å². The number of hydrogen-bond donors (Lipinski definition) is 0. The number of likely N-dealkylation sites (tertiary alicyclic amines) is 1. The van der Waals surface area contributed by atoms with Crippen molar-refractivity contribution in [3.8, 4) is 0 Å². The highest BCUT2D eigenvalue weighted by atomic mass is 19.4. The SMILES string of the molecule is C=CCN(CC(F)(F)F)C(=O)c1ccc(CN2C(=O)CCC2=O)cc1. The normalized spacial score (nSPS) is 14.8. The van der Waals surface area contributed by atoms with Crippen LogP contribution < -0.4 is 0 Å². The average molecular weight is 354 g/mol. The van der Waals surface area contributed by atoms with Gasteiger partial charge >= 0.3 is 6.18 Å². The third kappa shape index (κ3) is 4.91. The zero-order valence-corrected chi connectivity index (χ0v) is 13.4. The third-order valence-electron chi connectivity index (χ3n) is 3.70. The fourth-order valence-corrected chi connectivity index (χ4v) is 2.51. The second-order valence-corrected chi connectivity index (χ2v) is 5.66. The van der Waals surface area contributed by atoms with Gasteiger partial charge in [-0.15, -0.1) is 6.58 Å². The molecule has 0 saturated carbocycles. The van der Waals surface area contributed by atoms with Crippen LogP contribution in [0.3, 0.4) is 0 Å². The number of hydrogen-bond acceptors (Lipinski definition) is 3. The van der Waals surface area contributed by atoms with Crippen LogP contribution in [0.15, 0.2) is 36.9 Å². The summed E-state index contributed by atoms with van der Waals surface area (Å²) in [5.74, 6) is -1.28. The molecule has 0 aliphatic carbocycles. The van der Waals surface area contributed by atoms with Crippen LogP contribution in [0.25, 0.3) is 0 Å². The number of alkyl halides is 3. The van der Waals surface area contributed by atoms with Gasteiger partial charge < -0.3 is 4.90 Å². The minimum absolute atomic E-state index is 0.0884. The third-order valence-corrected chi connectivity index (χ3v) is 3.70. The Hall–Kier alpha value is -2.64. The molecule has 1 aliphatic heterocycles. The summed E-state index contributed by atoms with van der Waals surface area (Å²) in [4.78, 5) is 37.2. The van der Waals surface area contributed by atoms with Crippen molar-refractivity contribution in [1.82, 2.24) is 9.80 Å². The molecule has 3 amide bonds. The first-order valence-corrected chi connectivity index (χ1v) is 7.60. The lowest BCUT2D eigenvalue weighted by molar-refractivity contribution is -0.140. The molecule has 1 heterocycles. The highest BCUT2D eigenvalue weighted by molar-refractivity contribution is 6.01. The van der Waals surface area contributed by atoms with Gasteiger partial charge in [0.15, 0.2) is 0 Å². The maximum Gasteiger partial charge on any atom is 0.406 e. The minimum Gasteiger partial charge on any atom is -0.326 e. The summed E-state index contributed by atoms with van der Waals surface area (Å²) in [5.41, 5.74) is 0.708. The molecule has 1 aliphatic rings. The van der Waals surface area contributed by atoms with Gasteiger partial charge in [-0.3, -0.25) is 19.3 Å². The van der Waals surface area contributed by atoms with Crippen LogP contribution in [0.4, 0.5) is 13.2 Å². The van der Waals surface area contributed by atoms with E-state index in [1.165, 1.54) is 30.3 Å². The number of benzene rings is 1. The van der Waals surface area contributed by atoms with Crippen molar-refractivity contribution in [2.24, 2.45) is 0 Å². The number of amides is 3. The second kappa shape index (κ2) is 7.50. The first-order chi connectivity index (χ1) is 11.7. The topological polar surface area (TPSA) is 57.7 Å². The Labute approximate surface area is 142 Å². The van der Waals surface area contributed by atoms with E-state index in [0.29, 0.717) is 10.5 Å². The first kappa shape index (κ1) is 18.7.